The third-order valence-electron chi connectivity index (χ3n) is 3.45. The number of aromatic nitrogens is 2. The Morgan fingerprint density at radius 1 is 1.21 bits per heavy atom. The van der Waals surface area contributed by atoms with Crippen LogP contribution in [0.2, 0.25) is 5.15 Å². The van der Waals surface area contributed by atoms with Gasteiger partial charge in [-0.1, -0.05) is 23.7 Å². The lowest BCUT2D eigenvalue weighted by molar-refractivity contribution is 0.102. The number of nitrogens with zero attached hydrogens (tertiary/aromatic N) is 2. The van der Waals surface area contributed by atoms with Gasteiger partial charge in [0.1, 0.15) is 22.3 Å². The second-order valence-electron chi connectivity index (χ2n) is 5.11. The van der Waals surface area contributed by atoms with Crippen LogP contribution in [-0.2, 0) is 0 Å². The number of rotatable bonds is 3. The van der Waals surface area contributed by atoms with Gasteiger partial charge >= 0.3 is 0 Å². The summed E-state index contributed by atoms with van der Waals surface area (Å²) in [5.74, 6) is -0.922. The summed E-state index contributed by atoms with van der Waals surface area (Å²) >= 11 is 6.29. The first-order valence-corrected chi connectivity index (χ1v) is 7.45. The zero-order valence-corrected chi connectivity index (χ0v) is 13.4. The van der Waals surface area contributed by atoms with E-state index in [1.807, 2.05) is 0 Å². The average molecular weight is 346 g/mol. The van der Waals surface area contributed by atoms with Gasteiger partial charge < -0.3 is 10.4 Å². The number of phenolic OH excluding ortho intramolecular Hbond substituents is 1. The van der Waals surface area contributed by atoms with E-state index in [4.69, 9.17) is 11.6 Å². The Hall–Kier alpha value is -2.86. The number of aromatic hydroxyl groups is 1. The van der Waals surface area contributed by atoms with Crippen LogP contribution in [0.15, 0.2) is 48.5 Å². The topological polar surface area (TPSA) is 67.2 Å². The highest BCUT2D eigenvalue weighted by Gasteiger charge is 2.21. The lowest BCUT2D eigenvalue weighted by Gasteiger charge is -2.07. The first kappa shape index (κ1) is 16.0. The summed E-state index contributed by atoms with van der Waals surface area (Å²) in [5, 5.41) is 16.7. The maximum absolute atomic E-state index is 13.0. The largest absolute Gasteiger partial charge is 0.506 e. The molecule has 0 spiro atoms. The Labute approximate surface area is 142 Å². The Kier molecular flexibility index (Phi) is 4.22. The molecule has 0 bridgehead atoms. The molecule has 3 aromatic rings. The van der Waals surface area contributed by atoms with Crippen molar-refractivity contribution in [2.75, 3.05) is 5.32 Å². The fraction of sp³-hybridized carbons (Fsp3) is 0.0588. The molecule has 1 aromatic heterocycles. The molecule has 7 heteroatoms. The quantitative estimate of drug-likeness (QED) is 0.707. The van der Waals surface area contributed by atoms with Crippen molar-refractivity contribution in [2.24, 2.45) is 0 Å². The van der Waals surface area contributed by atoms with Crippen LogP contribution in [-0.4, -0.2) is 20.8 Å². The van der Waals surface area contributed by atoms with E-state index >= 15 is 0 Å². The predicted octanol–water partition coefficient (Wildman–Crippen LogP) is 3.93. The van der Waals surface area contributed by atoms with Crippen LogP contribution in [0.3, 0.4) is 0 Å². The number of anilines is 1. The van der Waals surface area contributed by atoms with Crippen molar-refractivity contribution >= 4 is 23.2 Å². The molecule has 0 saturated carbocycles. The molecular formula is C17H13ClFN3O2. The summed E-state index contributed by atoms with van der Waals surface area (Å²) in [6, 6.07) is 12.0. The van der Waals surface area contributed by atoms with Crippen molar-refractivity contribution in [2.45, 2.75) is 6.92 Å². The summed E-state index contributed by atoms with van der Waals surface area (Å²) in [6.07, 6.45) is 0. The van der Waals surface area contributed by atoms with Gasteiger partial charge in [0, 0.05) is 0 Å². The molecule has 1 heterocycles. The molecule has 0 saturated heterocycles. The molecule has 24 heavy (non-hydrogen) atoms. The minimum absolute atomic E-state index is 0.0504. The Morgan fingerprint density at radius 3 is 2.54 bits per heavy atom. The number of para-hydroxylation sites is 2. The Morgan fingerprint density at radius 2 is 1.88 bits per heavy atom. The molecule has 0 aliphatic rings. The number of amides is 1. The zero-order valence-electron chi connectivity index (χ0n) is 12.6. The number of nitrogens with one attached hydrogen (secondary N) is 1. The van der Waals surface area contributed by atoms with Crippen LogP contribution < -0.4 is 5.32 Å². The highest BCUT2D eigenvalue weighted by atomic mass is 35.5. The molecule has 122 valence electrons. The monoisotopic (exact) mass is 345 g/mol. The lowest BCUT2D eigenvalue weighted by Crippen LogP contribution is -2.13. The molecule has 5 nitrogen and oxygen atoms in total. The molecule has 0 aliphatic carbocycles. The van der Waals surface area contributed by atoms with E-state index in [1.165, 1.54) is 35.0 Å². The third kappa shape index (κ3) is 2.96. The van der Waals surface area contributed by atoms with Crippen LogP contribution in [0.1, 0.15) is 16.1 Å². The van der Waals surface area contributed by atoms with E-state index in [-0.39, 0.29) is 28.0 Å². The second kappa shape index (κ2) is 6.33. The van der Waals surface area contributed by atoms with Gasteiger partial charge in [-0.05, 0) is 43.3 Å². The van der Waals surface area contributed by atoms with Crippen molar-refractivity contribution in [1.82, 2.24) is 9.78 Å². The summed E-state index contributed by atoms with van der Waals surface area (Å²) in [6.45, 7) is 1.64. The van der Waals surface area contributed by atoms with Crippen LogP contribution in [0, 0.1) is 12.7 Å². The van der Waals surface area contributed by atoms with Gasteiger partial charge in [0.15, 0.2) is 0 Å². The predicted molar refractivity (Wildman–Crippen MR) is 89.3 cm³/mol. The van der Waals surface area contributed by atoms with E-state index in [2.05, 4.69) is 10.4 Å². The van der Waals surface area contributed by atoms with Gasteiger partial charge in [-0.2, -0.15) is 5.10 Å². The molecule has 0 radical (unpaired) electrons. The molecule has 2 aromatic carbocycles. The van der Waals surface area contributed by atoms with E-state index in [0.717, 1.165) is 0 Å². The van der Waals surface area contributed by atoms with Gasteiger partial charge in [-0.15, -0.1) is 0 Å². The van der Waals surface area contributed by atoms with Gasteiger partial charge in [-0.3, -0.25) is 4.79 Å². The number of hydrogen-bond donors (Lipinski definition) is 2. The summed E-state index contributed by atoms with van der Waals surface area (Å²) in [4.78, 5) is 12.5. The third-order valence-corrected chi connectivity index (χ3v) is 3.80. The highest BCUT2D eigenvalue weighted by molar-refractivity contribution is 6.34. The maximum Gasteiger partial charge on any atom is 0.260 e. The van der Waals surface area contributed by atoms with Crippen molar-refractivity contribution in [3.8, 4) is 11.4 Å². The lowest BCUT2D eigenvalue weighted by atomic mass is 10.2. The number of carbonyl (C=O) groups excluding carboxylic acids is 1. The first-order chi connectivity index (χ1) is 11.5. The average Bonchev–Trinajstić information content (AvgIpc) is 2.85. The Bertz CT molecular complexity index is 907. The van der Waals surface area contributed by atoms with Gasteiger partial charge in [0.05, 0.1) is 17.1 Å². The number of carbonyl (C=O) groups is 1. The fourth-order valence-corrected chi connectivity index (χ4v) is 2.63. The first-order valence-electron chi connectivity index (χ1n) is 7.08. The van der Waals surface area contributed by atoms with Crippen molar-refractivity contribution < 1.29 is 14.3 Å². The number of aryl methyl sites for hydroxylation is 1. The van der Waals surface area contributed by atoms with Crippen LogP contribution in [0.5, 0.6) is 5.75 Å². The summed E-state index contributed by atoms with van der Waals surface area (Å²) < 4.78 is 14.4. The maximum atomic E-state index is 13.0. The normalized spacial score (nSPS) is 10.6. The molecule has 0 fully saturated rings. The summed E-state index contributed by atoms with van der Waals surface area (Å²) in [5.41, 5.74) is 1.40. The second-order valence-corrected chi connectivity index (χ2v) is 5.47. The van der Waals surface area contributed by atoms with Crippen LogP contribution >= 0.6 is 11.6 Å². The van der Waals surface area contributed by atoms with E-state index in [0.29, 0.717) is 11.4 Å². The molecule has 3 rings (SSSR count). The van der Waals surface area contributed by atoms with Crippen LogP contribution in [0.4, 0.5) is 10.1 Å². The van der Waals surface area contributed by atoms with Crippen molar-refractivity contribution in [1.29, 1.82) is 0 Å². The standard InChI is InChI=1S/C17H13ClFN3O2/c1-10-15(17(24)20-13-4-2-3-5-14(13)23)16(18)22(21-10)12-8-6-11(19)7-9-12/h2-9,23H,1H3,(H,20,24). The van der Waals surface area contributed by atoms with Gasteiger partial charge in [-0.25, -0.2) is 9.07 Å². The number of halogens is 2. The van der Waals surface area contributed by atoms with Crippen LogP contribution in [0.25, 0.3) is 5.69 Å². The SMILES string of the molecule is Cc1nn(-c2ccc(F)cc2)c(Cl)c1C(=O)Nc1ccccc1O. The molecule has 0 unspecified atom stereocenters. The molecular weight excluding hydrogens is 333 g/mol. The summed E-state index contributed by atoms with van der Waals surface area (Å²) in [7, 11) is 0. The minimum atomic E-state index is -0.493. The fourth-order valence-electron chi connectivity index (χ4n) is 2.27. The zero-order chi connectivity index (χ0) is 17.3. The molecule has 0 aliphatic heterocycles. The van der Waals surface area contributed by atoms with E-state index < -0.39 is 5.91 Å². The number of phenols is 1. The van der Waals surface area contributed by atoms with Gasteiger partial charge in [0.2, 0.25) is 0 Å². The smallest absolute Gasteiger partial charge is 0.260 e. The van der Waals surface area contributed by atoms with Crippen molar-refractivity contribution in [3.63, 3.8) is 0 Å². The minimum Gasteiger partial charge on any atom is -0.506 e. The molecule has 0 atom stereocenters. The number of benzene rings is 2. The highest BCUT2D eigenvalue weighted by Crippen LogP contribution is 2.27. The van der Waals surface area contributed by atoms with E-state index in [1.54, 1.807) is 25.1 Å². The van der Waals surface area contributed by atoms with Crippen molar-refractivity contribution in [3.05, 3.63) is 70.8 Å². The van der Waals surface area contributed by atoms with Gasteiger partial charge in [0.25, 0.3) is 5.91 Å². The number of hydrogen-bond acceptors (Lipinski definition) is 3. The molecule has 1 amide bonds. The molecule has 2 N–H and O–H groups in total. The van der Waals surface area contributed by atoms with E-state index in [9.17, 15) is 14.3 Å². The Balaban J connectivity index is 1.96.